The van der Waals surface area contributed by atoms with Crippen molar-refractivity contribution < 1.29 is 22.5 Å². The van der Waals surface area contributed by atoms with Gasteiger partial charge in [-0.05, 0) is 62.3 Å². The monoisotopic (exact) mass is 631 g/mol. The molecular weight excluding hydrogens is 590 g/mol. The van der Waals surface area contributed by atoms with Gasteiger partial charge in [-0.2, -0.15) is 0 Å². The number of carbonyl (C=O) groups is 2. The number of amidine groups is 1. The average molecular weight is 632 g/mol. The molecule has 1 spiro atoms. The molecule has 3 heterocycles. The van der Waals surface area contributed by atoms with Crippen molar-refractivity contribution in [2.24, 2.45) is 4.99 Å². The number of carbonyl (C=O) groups excluding carboxylic acids is 2. The molecule has 0 radical (unpaired) electrons. The maximum Gasteiger partial charge on any atom is 0.263 e. The van der Waals surface area contributed by atoms with Gasteiger partial charge >= 0.3 is 0 Å². The standard InChI is InChI=1S/C34H41N5O5S/c1-4-5-13-30-35-34(17-8-9-18-34)33(41)39(30)21-25-15-16-27(26(20-25)22-38-19-10-14-31(38)40)28-11-6-7-12-29(28)45(42,43)37-32-23(2)24(3)44-36-32/h6-7,11-12,15-16,20H,4-5,8-10,13-14,17-19,21-22H2,1-3H3,(H,36,37). The van der Waals surface area contributed by atoms with Crippen LogP contribution in [0.5, 0.6) is 0 Å². The summed E-state index contributed by atoms with van der Waals surface area (Å²) in [6.07, 6.45) is 7.66. The van der Waals surface area contributed by atoms with Crippen molar-refractivity contribution in [3.63, 3.8) is 0 Å². The Hall–Kier alpha value is -3.99. The van der Waals surface area contributed by atoms with Gasteiger partial charge < -0.3 is 9.42 Å². The van der Waals surface area contributed by atoms with Crippen LogP contribution < -0.4 is 4.72 Å². The third-order valence-corrected chi connectivity index (χ3v) is 10.8. The highest BCUT2D eigenvalue weighted by Gasteiger charge is 2.49. The molecule has 45 heavy (non-hydrogen) atoms. The fourth-order valence-corrected chi connectivity index (χ4v) is 8.00. The van der Waals surface area contributed by atoms with Gasteiger partial charge in [0.2, 0.25) is 5.91 Å². The van der Waals surface area contributed by atoms with Gasteiger partial charge in [0, 0.05) is 37.1 Å². The first-order chi connectivity index (χ1) is 21.6. The number of nitrogens with one attached hydrogen (secondary N) is 1. The number of hydrogen-bond acceptors (Lipinski definition) is 7. The van der Waals surface area contributed by atoms with E-state index in [4.69, 9.17) is 9.52 Å². The lowest BCUT2D eigenvalue weighted by atomic mass is 9.96. The molecule has 2 amide bonds. The van der Waals surface area contributed by atoms with E-state index in [1.165, 1.54) is 0 Å². The van der Waals surface area contributed by atoms with E-state index in [9.17, 15) is 18.0 Å². The molecule has 0 unspecified atom stereocenters. The van der Waals surface area contributed by atoms with Crippen molar-refractivity contribution in [1.82, 2.24) is 15.0 Å². The van der Waals surface area contributed by atoms with Crippen molar-refractivity contribution in [3.05, 3.63) is 64.9 Å². The van der Waals surface area contributed by atoms with Crippen molar-refractivity contribution in [3.8, 4) is 11.1 Å². The number of sulfonamides is 1. The number of unbranched alkanes of at least 4 members (excludes halogenated alkanes) is 1. The molecule has 0 atom stereocenters. The summed E-state index contributed by atoms with van der Waals surface area (Å²) in [5.74, 6) is 1.72. The van der Waals surface area contributed by atoms with E-state index in [0.29, 0.717) is 48.5 Å². The molecule has 6 rings (SSSR count). The molecule has 1 N–H and O–H groups in total. The minimum absolute atomic E-state index is 0.0812. The summed E-state index contributed by atoms with van der Waals surface area (Å²) in [4.78, 5) is 35.3. The van der Waals surface area contributed by atoms with Crippen LogP contribution >= 0.6 is 0 Å². The number of aromatic nitrogens is 1. The van der Waals surface area contributed by atoms with Gasteiger partial charge in [-0.15, -0.1) is 0 Å². The number of benzene rings is 2. The second kappa shape index (κ2) is 12.4. The van der Waals surface area contributed by atoms with Crippen molar-refractivity contribution in [1.29, 1.82) is 0 Å². The Kier molecular flexibility index (Phi) is 8.56. The molecule has 1 aromatic heterocycles. The summed E-state index contributed by atoms with van der Waals surface area (Å²) in [5.41, 5.74) is 2.98. The molecule has 0 bridgehead atoms. The predicted octanol–water partition coefficient (Wildman–Crippen LogP) is 6.13. The Morgan fingerprint density at radius 2 is 1.78 bits per heavy atom. The molecule has 238 valence electrons. The second-order valence-corrected chi connectivity index (χ2v) is 14.1. The number of hydrogen-bond donors (Lipinski definition) is 1. The Balaban J connectivity index is 1.37. The maximum absolute atomic E-state index is 13.8. The van der Waals surface area contributed by atoms with E-state index in [1.54, 1.807) is 38.1 Å². The quantitative estimate of drug-likeness (QED) is 0.272. The summed E-state index contributed by atoms with van der Waals surface area (Å²) in [5, 5.41) is 3.89. The zero-order chi connectivity index (χ0) is 31.8. The predicted molar refractivity (Wildman–Crippen MR) is 172 cm³/mol. The lowest BCUT2D eigenvalue weighted by Gasteiger charge is -2.24. The number of aliphatic imine (C=N–C) groups is 1. The zero-order valence-electron chi connectivity index (χ0n) is 26.3. The Morgan fingerprint density at radius 3 is 2.47 bits per heavy atom. The zero-order valence-corrected chi connectivity index (χ0v) is 27.1. The first kappa shape index (κ1) is 31.0. The molecular formula is C34H41N5O5S. The molecule has 3 aromatic rings. The van der Waals surface area contributed by atoms with Gasteiger partial charge in [0.05, 0.1) is 11.4 Å². The summed E-state index contributed by atoms with van der Waals surface area (Å²) < 4.78 is 35.2. The van der Waals surface area contributed by atoms with E-state index in [0.717, 1.165) is 68.3 Å². The van der Waals surface area contributed by atoms with E-state index < -0.39 is 15.6 Å². The third kappa shape index (κ3) is 6.02. The number of amides is 2. The normalized spacial score (nSPS) is 18.0. The number of aryl methyl sites for hydroxylation is 1. The lowest BCUT2D eigenvalue weighted by molar-refractivity contribution is -0.131. The minimum atomic E-state index is -4.04. The largest absolute Gasteiger partial charge is 0.359 e. The Labute approximate surface area is 264 Å². The van der Waals surface area contributed by atoms with Gasteiger partial charge in [-0.3, -0.25) is 24.2 Å². The number of rotatable bonds is 11. The molecule has 1 aliphatic carbocycles. The Morgan fingerprint density at radius 1 is 1.00 bits per heavy atom. The number of anilines is 1. The van der Waals surface area contributed by atoms with Crippen LogP contribution in [-0.4, -0.2) is 53.1 Å². The fourth-order valence-electron chi connectivity index (χ4n) is 6.72. The van der Waals surface area contributed by atoms with Crippen LogP contribution in [0.25, 0.3) is 11.1 Å². The first-order valence-electron chi connectivity index (χ1n) is 16.0. The van der Waals surface area contributed by atoms with Gasteiger partial charge in [0.15, 0.2) is 5.82 Å². The second-order valence-electron chi connectivity index (χ2n) is 12.5. The van der Waals surface area contributed by atoms with Crippen LogP contribution in [-0.2, 0) is 32.7 Å². The topological polar surface area (TPSA) is 125 Å². The van der Waals surface area contributed by atoms with Gasteiger partial charge in [-0.25, -0.2) is 8.42 Å². The van der Waals surface area contributed by atoms with E-state index in [1.807, 2.05) is 28.0 Å². The highest BCUT2D eigenvalue weighted by atomic mass is 32.2. The maximum atomic E-state index is 13.8. The van der Waals surface area contributed by atoms with Crippen LogP contribution in [0.4, 0.5) is 5.82 Å². The summed E-state index contributed by atoms with van der Waals surface area (Å²) in [7, 11) is -4.04. The van der Waals surface area contributed by atoms with Crippen LogP contribution in [0.2, 0.25) is 0 Å². The molecule has 2 aliphatic heterocycles. The fraction of sp³-hybridized carbons (Fsp3) is 0.471. The SMILES string of the molecule is CCCCC1=NC2(CCCC2)C(=O)N1Cc1ccc(-c2ccccc2S(=O)(=O)Nc2noc(C)c2C)c(CN2CCCC2=O)c1. The summed E-state index contributed by atoms with van der Waals surface area (Å²) in [6.45, 7) is 6.99. The average Bonchev–Trinajstić information content (AvgIpc) is 3.80. The number of nitrogens with zero attached hydrogens (tertiary/aromatic N) is 4. The van der Waals surface area contributed by atoms with E-state index in [-0.39, 0.29) is 22.5 Å². The van der Waals surface area contributed by atoms with Crippen LogP contribution in [0.3, 0.4) is 0 Å². The molecule has 11 heteroatoms. The van der Waals surface area contributed by atoms with Crippen molar-refractivity contribution in [2.75, 3.05) is 11.3 Å². The highest BCUT2D eigenvalue weighted by molar-refractivity contribution is 7.92. The molecule has 2 aromatic carbocycles. The summed E-state index contributed by atoms with van der Waals surface area (Å²) in [6, 6.07) is 12.7. The Bertz CT molecular complexity index is 1760. The van der Waals surface area contributed by atoms with Gasteiger partial charge in [0.1, 0.15) is 17.1 Å². The van der Waals surface area contributed by atoms with Gasteiger partial charge in [0.25, 0.3) is 15.9 Å². The molecule has 1 saturated heterocycles. The van der Waals surface area contributed by atoms with Gasteiger partial charge in [-0.1, -0.05) is 67.7 Å². The number of likely N-dealkylation sites (tertiary alicyclic amines) is 1. The molecule has 10 nitrogen and oxygen atoms in total. The lowest BCUT2D eigenvalue weighted by Crippen LogP contribution is -2.40. The molecule has 3 aliphatic rings. The third-order valence-electron chi connectivity index (χ3n) is 9.38. The minimum Gasteiger partial charge on any atom is -0.359 e. The van der Waals surface area contributed by atoms with Crippen LogP contribution in [0.1, 0.15) is 87.2 Å². The van der Waals surface area contributed by atoms with Crippen LogP contribution in [0.15, 0.2) is 56.9 Å². The van der Waals surface area contributed by atoms with Crippen molar-refractivity contribution >= 4 is 33.5 Å². The van der Waals surface area contributed by atoms with Crippen molar-refractivity contribution in [2.45, 2.75) is 102 Å². The van der Waals surface area contributed by atoms with Crippen LogP contribution in [0, 0.1) is 13.8 Å². The molecule has 1 saturated carbocycles. The molecule has 2 fully saturated rings. The van der Waals surface area contributed by atoms with E-state index in [2.05, 4.69) is 16.8 Å². The smallest absolute Gasteiger partial charge is 0.263 e. The first-order valence-corrected chi connectivity index (χ1v) is 17.5. The van der Waals surface area contributed by atoms with E-state index >= 15 is 0 Å². The summed E-state index contributed by atoms with van der Waals surface area (Å²) >= 11 is 0. The highest BCUT2D eigenvalue weighted by Crippen LogP contribution is 2.40.